The number of hydrogen-bond donors (Lipinski definition) is 2. The Morgan fingerprint density at radius 2 is 1.76 bits per heavy atom. The number of aromatic amines is 1. The van der Waals surface area contributed by atoms with Crippen molar-refractivity contribution in [1.29, 1.82) is 0 Å². The summed E-state index contributed by atoms with van der Waals surface area (Å²) in [4.78, 5) is 12.5. The SMILES string of the molecule is Cc1nn(C)cc1-c1cc(C(=O)Nc2ccc(Oc3ccc(F)cc3)cc2)[nH]n1. The second-order valence-electron chi connectivity index (χ2n) is 6.50. The molecule has 146 valence electrons. The largest absolute Gasteiger partial charge is 0.457 e. The third kappa shape index (κ3) is 4.16. The summed E-state index contributed by atoms with van der Waals surface area (Å²) in [6.07, 6.45) is 1.85. The average molecular weight is 391 g/mol. The quantitative estimate of drug-likeness (QED) is 0.531. The predicted octanol–water partition coefficient (Wildman–Crippen LogP) is 4.30. The number of carbonyl (C=O) groups is 1. The first-order chi connectivity index (χ1) is 14.0. The maximum Gasteiger partial charge on any atom is 0.273 e. The molecule has 1 amide bonds. The number of halogens is 1. The number of anilines is 1. The van der Waals surface area contributed by atoms with Gasteiger partial charge in [-0.25, -0.2) is 4.39 Å². The highest BCUT2D eigenvalue weighted by Crippen LogP contribution is 2.24. The van der Waals surface area contributed by atoms with Crippen LogP contribution in [0, 0.1) is 12.7 Å². The van der Waals surface area contributed by atoms with Gasteiger partial charge in [-0.3, -0.25) is 14.6 Å². The molecule has 2 N–H and O–H groups in total. The van der Waals surface area contributed by atoms with Crippen LogP contribution in [0.25, 0.3) is 11.3 Å². The fourth-order valence-electron chi connectivity index (χ4n) is 2.87. The fourth-order valence-corrected chi connectivity index (χ4v) is 2.87. The zero-order chi connectivity index (χ0) is 20.4. The van der Waals surface area contributed by atoms with Gasteiger partial charge >= 0.3 is 0 Å². The molecule has 0 unspecified atom stereocenters. The molecule has 4 rings (SSSR count). The molecule has 0 bridgehead atoms. The molecular formula is C21H18FN5O2. The summed E-state index contributed by atoms with van der Waals surface area (Å²) in [7, 11) is 1.83. The lowest BCUT2D eigenvalue weighted by atomic mass is 10.2. The molecule has 0 fully saturated rings. The van der Waals surface area contributed by atoms with Crippen LogP contribution in [0.1, 0.15) is 16.2 Å². The van der Waals surface area contributed by atoms with Crippen molar-refractivity contribution in [2.75, 3.05) is 5.32 Å². The van der Waals surface area contributed by atoms with E-state index in [9.17, 15) is 9.18 Å². The minimum absolute atomic E-state index is 0.308. The Labute approximate surface area is 166 Å². The number of nitrogens with zero attached hydrogens (tertiary/aromatic N) is 3. The topological polar surface area (TPSA) is 84.8 Å². The highest BCUT2D eigenvalue weighted by Gasteiger charge is 2.14. The van der Waals surface area contributed by atoms with E-state index in [4.69, 9.17) is 4.74 Å². The lowest BCUT2D eigenvalue weighted by Gasteiger charge is -2.07. The summed E-state index contributed by atoms with van der Waals surface area (Å²) in [5, 5.41) is 14.0. The number of hydrogen-bond acceptors (Lipinski definition) is 4. The summed E-state index contributed by atoms with van der Waals surface area (Å²) >= 11 is 0. The molecule has 4 aromatic rings. The minimum Gasteiger partial charge on any atom is -0.457 e. The second-order valence-corrected chi connectivity index (χ2v) is 6.50. The monoisotopic (exact) mass is 391 g/mol. The first-order valence-corrected chi connectivity index (χ1v) is 8.89. The van der Waals surface area contributed by atoms with Crippen LogP contribution in [0.2, 0.25) is 0 Å². The van der Waals surface area contributed by atoms with Crippen LogP contribution in [0.3, 0.4) is 0 Å². The third-order valence-corrected chi connectivity index (χ3v) is 4.27. The van der Waals surface area contributed by atoms with E-state index < -0.39 is 0 Å². The van der Waals surface area contributed by atoms with Gasteiger partial charge in [-0.15, -0.1) is 0 Å². The number of rotatable bonds is 5. The van der Waals surface area contributed by atoms with Gasteiger partial charge in [0, 0.05) is 24.5 Å². The lowest BCUT2D eigenvalue weighted by Crippen LogP contribution is -2.12. The molecule has 0 aliphatic rings. The van der Waals surface area contributed by atoms with Crippen molar-refractivity contribution >= 4 is 11.6 Å². The Morgan fingerprint density at radius 3 is 2.38 bits per heavy atom. The smallest absolute Gasteiger partial charge is 0.273 e. The van der Waals surface area contributed by atoms with Gasteiger partial charge in [0.05, 0.1) is 11.4 Å². The van der Waals surface area contributed by atoms with Gasteiger partial charge in [-0.2, -0.15) is 10.2 Å². The first kappa shape index (κ1) is 18.4. The van der Waals surface area contributed by atoms with Gasteiger partial charge < -0.3 is 10.1 Å². The molecular weight excluding hydrogens is 373 g/mol. The molecule has 2 aromatic carbocycles. The Kier molecular flexibility index (Phi) is 4.82. The normalized spacial score (nSPS) is 10.7. The van der Waals surface area contributed by atoms with Crippen LogP contribution in [0.5, 0.6) is 11.5 Å². The van der Waals surface area contributed by atoms with Crippen molar-refractivity contribution in [2.24, 2.45) is 7.05 Å². The van der Waals surface area contributed by atoms with E-state index in [0.717, 1.165) is 11.3 Å². The number of aryl methyl sites for hydroxylation is 2. The molecule has 0 aliphatic heterocycles. The Hall–Kier alpha value is -3.94. The maximum absolute atomic E-state index is 13.0. The average Bonchev–Trinajstić information content (AvgIpc) is 3.31. The maximum atomic E-state index is 13.0. The van der Waals surface area contributed by atoms with Crippen molar-refractivity contribution in [2.45, 2.75) is 6.92 Å². The van der Waals surface area contributed by atoms with Gasteiger partial charge in [0.15, 0.2) is 0 Å². The summed E-state index contributed by atoms with van der Waals surface area (Å²) in [6.45, 7) is 1.89. The molecule has 2 heterocycles. The number of ether oxygens (including phenoxy) is 1. The molecule has 29 heavy (non-hydrogen) atoms. The standard InChI is InChI=1S/C21H18FN5O2/c1-13-18(12-27(2)26-13)19-11-20(25-24-19)21(28)23-15-5-9-17(10-6-15)29-16-7-3-14(22)4-8-16/h3-12H,1-2H3,(H,23,28)(H,24,25). The van der Waals surface area contributed by atoms with E-state index in [-0.39, 0.29) is 11.7 Å². The van der Waals surface area contributed by atoms with E-state index in [1.165, 1.54) is 12.1 Å². The number of benzene rings is 2. The highest BCUT2D eigenvalue weighted by atomic mass is 19.1. The van der Waals surface area contributed by atoms with Crippen LogP contribution < -0.4 is 10.1 Å². The zero-order valence-corrected chi connectivity index (χ0v) is 15.8. The van der Waals surface area contributed by atoms with Crippen LogP contribution in [-0.4, -0.2) is 25.9 Å². The van der Waals surface area contributed by atoms with Crippen LogP contribution >= 0.6 is 0 Å². The van der Waals surface area contributed by atoms with Crippen LogP contribution in [0.4, 0.5) is 10.1 Å². The highest BCUT2D eigenvalue weighted by molar-refractivity contribution is 6.03. The van der Waals surface area contributed by atoms with E-state index >= 15 is 0 Å². The lowest BCUT2D eigenvalue weighted by molar-refractivity contribution is 0.102. The van der Waals surface area contributed by atoms with Crippen molar-refractivity contribution in [3.05, 3.63) is 78.0 Å². The number of amides is 1. The van der Waals surface area contributed by atoms with Crippen molar-refractivity contribution in [1.82, 2.24) is 20.0 Å². The number of carbonyl (C=O) groups excluding carboxylic acids is 1. The second kappa shape index (κ2) is 7.59. The molecule has 0 saturated carbocycles. The molecule has 0 saturated heterocycles. The number of nitrogens with one attached hydrogen (secondary N) is 2. The van der Waals surface area contributed by atoms with Crippen LogP contribution in [-0.2, 0) is 7.05 Å². The number of aromatic nitrogens is 4. The Bertz CT molecular complexity index is 1150. The summed E-state index contributed by atoms with van der Waals surface area (Å²) in [5.41, 5.74) is 3.31. The first-order valence-electron chi connectivity index (χ1n) is 8.89. The van der Waals surface area contributed by atoms with E-state index in [2.05, 4.69) is 20.6 Å². The minimum atomic E-state index is -0.323. The van der Waals surface area contributed by atoms with E-state index in [1.807, 2.05) is 20.2 Å². The van der Waals surface area contributed by atoms with Crippen molar-refractivity contribution < 1.29 is 13.9 Å². The van der Waals surface area contributed by atoms with Crippen molar-refractivity contribution in [3.8, 4) is 22.8 Å². The molecule has 2 aromatic heterocycles. The predicted molar refractivity (Wildman–Crippen MR) is 106 cm³/mol. The summed E-state index contributed by atoms with van der Waals surface area (Å²) < 4.78 is 20.3. The van der Waals surface area contributed by atoms with Gasteiger partial charge in [0.2, 0.25) is 0 Å². The Balaban J connectivity index is 1.42. The molecule has 0 aliphatic carbocycles. The van der Waals surface area contributed by atoms with E-state index in [0.29, 0.717) is 28.6 Å². The van der Waals surface area contributed by atoms with E-state index in [1.54, 1.807) is 47.1 Å². The zero-order valence-electron chi connectivity index (χ0n) is 15.8. The molecule has 7 nitrogen and oxygen atoms in total. The molecule has 0 radical (unpaired) electrons. The number of H-pyrrole nitrogens is 1. The van der Waals surface area contributed by atoms with Crippen LogP contribution in [0.15, 0.2) is 60.8 Å². The summed E-state index contributed by atoms with van der Waals surface area (Å²) in [5.74, 6) is 0.470. The summed E-state index contributed by atoms with van der Waals surface area (Å²) in [6, 6.07) is 14.3. The third-order valence-electron chi connectivity index (χ3n) is 4.27. The Morgan fingerprint density at radius 1 is 1.10 bits per heavy atom. The van der Waals surface area contributed by atoms with Gasteiger partial charge in [0.25, 0.3) is 5.91 Å². The fraction of sp³-hybridized carbons (Fsp3) is 0.0952. The van der Waals surface area contributed by atoms with Gasteiger partial charge in [-0.1, -0.05) is 0 Å². The van der Waals surface area contributed by atoms with Crippen molar-refractivity contribution in [3.63, 3.8) is 0 Å². The molecule has 0 atom stereocenters. The molecule has 0 spiro atoms. The van der Waals surface area contributed by atoms with Gasteiger partial charge in [-0.05, 0) is 61.5 Å². The molecule has 8 heteroatoms. The van der Waals surface area contributed by atoms with Gasteiger partial charge in [0.1, 0.15) is 23.0 Å².